The maximum absolute atomic E-state index is 6.00. The molecule has 3 N–H and O–H groups in total. The van der Waals surface area contributed by atoms with Crippen molar-refractivity contribution >= 4 is 37.0 Å². The van der Waals surface area contributed by atoms with Crippen LogP contribution in [-0.4, -0.2) is 41.7 Å². The Hall–Kier alpha value is -2.17. The molecule has 0 saturated heterocycles. The van der Waals surface area contributed by atoms with Gasteiger partial charge in [-0.2, -0.15) is 0 Å². The zero-order chi connectivity index (χ0) is 15.7. The average Bonchev–Trinajstić information content (AvgIpc) is 2.89. The quantitative estimate of drug-likeness (QED) is 0.693. The van der Waals surface area contributed by atoms with E-state index in [0.717, 1.165) is 29.0 Å². The monoisotopic (exact) mass is 359 g/mol. The third kappa shape index (κ3) is 2.51. The SMILES string of the molecule is CNc1ncnc2c1c(C(N)=[Se])cn2Cc1ccccc1C. The molecular weight excluding hydrogens is 341 g/mol. The van der Waals surface area contributed by atoms with Crippen molar-refractivity contribution in [3.8, 4) is 0 Å². The molecule has 0 aliphatic heterocycles. The van der Waals surface area contributed by atoms with Gasteiger partial charge in [-0.15, -0.1) is 0 Å². The molecule has 0 amide bonds. The topological polar surface area (TPSA) is 68.8 Å². The van der Waals surface area contributed by atoms with Crippen molar-refractivity contribution < 1.29 is 0 Å². The maximum atomic E-state index is 6.00. The van der Waals surface area contributed by atoms with Crippen molar-refractivity contribution in [3.05, 3.63) is 53.5 Å². The molecule has 0 fully saturated rings. The zero-order valence-electron chi connectivity index (χ0n) is 12.5. The second-order valence-corrected chi connectivity index (χ2v) is 6.06. The first-order valence-corrected chi connectivity index (χ1v) is 7.83. The van der Waals surface area contributed by atoms with Gasteiger partial charge in [0.15, 0.2) is 0 Å². The second kappa shape index (κ2) is 5.91. The second-order valence-electron chi connectivity index (χ2n) is 5.13. The molecule has 5 nitrogen and oxygen atoms in total. The van der Waals surface area contributed by atoms with Crippen molar-refractivity contribution in [1.82, 2.24) is 14.5 Å². The van der Waals surface area contributed by atoms with Gasteiger partial charge in [0.2, 0.25) is 0 Å². The Morgan fingerprint density at radius 1 is 1.32 bits per heavy atom. The molecule has 3 aromatic rings. The predicted octanol–water partition coefficient (Wildman–Crippen LogP) is 1.43. The van der Waals surface area contributed by atoms with Crippen LogP contribution in [0.3, 0.4) is 0 Å². The number of anilines is 1. The van der Waals surface area contributed by atoms with Gasteiger partial charge in [-0.05, 0) is 0 Å². The number of aromatic nitrogens is 3. The van der Waals surface area contributed by atoms with E-state index < -0.39 is 0 Å². The van der Waals surface area contributed by atoms with Crippen LogP contribution in [-0.2, 0) is 6.54 Å². The summed E-state index contributed by atoms with van der Waals surface area (Å²) in [5.74, 6) is 0.779. The fourth-order valence-electron chi connectivity index (χ4n) is 2.59. The van der Waals surface area contributed by atoms with Crippen LogP contribution < -0.4 is 11.1 Å². The Balaban J connectivity index is 2.19. The number of hydrogen-bond donors (Lipinski definition) is 2. The Morgan fingerprint density at radius 2 is 2.09 bits per heavy atom. The molecule has 2 aromatic heterocycles. The molecule has 2 heterocycles. The van der Waals surface area contributed by atoms with Crippen LogP contribution >= 0.6 is 0 Å². The van der Waals surface area contributed by atoms with Crippen molar-refractivity contribution in [3.63, 3.8) is 0 Å². The van der Waals surface area contributed by atoms with Gasteiger partial charge in [0.25, 0.3) is 0 Å². The molecule has 0 aliphatic carbocycles. The summed E-state index contributed by atoms with van der Waals surface area (Å²) in [6.07, 6.45) is 3.60. The number of aryl methyl sites for hydroxylation is 1. The number of hydrogen-bond acceptors (Lipinski definition) is 4. The normalized spacial score (nSPS) is 10.8. The van der Waals surface area contributed by atoms with Gasteiger partial charge in [0.1, 0.15) is 0 Å². The van der Waals surface area contributed by atoms with Gasteiger partial charge >= 0.3 is 137 Å². The van der Waals surface area contributed by atoms with E-state index in [2.05, 4.69) is 60.6 Å². The number of nitrogens with one attached hydrogen (secondary N) is 1. The summed E-state index contributed by atoms with van der Waals surface area (Å²) in [5, 5.41) is 4.05. The predicted molar refractivity (Wildman–Crippen MR) is 91.4 cm³/mol. The van der Waals surface area contributed by atoms with Gasteiger partial charge in [-0.1, -0.05) is 0 Å². The number of benzene rings is 1. The fourth-order valence-corrected chi connectivity index (χ4v) is 2.92. The molecule has 0 bridgehead atoms. The van der Waals surface area contributed by atoms with E-state index in [9.17, 15) is 0 Å². The minimum absolute atomic E-state index is 0.639. The van der Waals surface area contributed by atoms with E-state index in [1.165, 1.54) is 11.1 Å². The van der Waals surface area contributed by atoms with E-state index in [4.69, 9.17) is 5.73 Å². The molecule has 0 radical (unpaired) electrons. The number of rotatable bonds is 4. The standard InChI is InChI=1S/C16H17N5Se/c1-10-5-3-4-6-11(10)7-21-8-12(14(17)22)13-15(18-2)19-9-20-16(13)21/h3-6,8-9H,7H2,1-2H3,(H2,17,22)(H,18,19,20). The van der Waals surface area contributed by atoms with E-state index in [-0.39, 0.29) is 0 Å². The van der Waals surface area contributed by atoms with Crippen LogP contribution in [0.2, 0.25) is 0 Å². The summed E-state index contributed by atoms with van der Waals surface area (Å²) in [6, 6.07) is 8.35. The summed E-state index contributed by atoms with van der Waals surface area (Å²) in [7, 11) is 1.85. The first-order valence-electron chi connectivity index (χ1n) is 6.97. The number of nitrogens with zero attached hydrogens (tertiary/aromatic N) is 3. The van der Waals surface area contributed by atoms with Crippen LogP contribution in [0, 0.1) is 6.92 Å². The molecule has 1 aromatic carbocycles. The summed E-state index contributed by atoms with van der Waals surface area (Å²) >= 11 is 2.89. The van der Waals surface area contributed by atoms with E-state index >= 15 is 0 Å². The van der Waals surface area contributed by atoms with Gasteiger partial charge < -0.3 is 0 Å². The van der Waals surface area contributed by atoms with Crippen LogP contribution in [0.25, 0.3) is 11.0 Å². The van der Waals surface area contributed by atoms with Gasteiger partial charge in [0, 0.05) is 0 Å². The minimum atomic E-state index is 0.639. The summed E-state index contributed by atoms with van der Waals surface area (Å²) < 4.78 is 2.75. The molecule has 112 valence electrons. The first kappa shape index (κ1) is 14.8. The van der Waals surface area contributed by atoms with Crippen molar-refractivity contribution in [2.45, 2.75) is 13.5 Å². The third-order valence-electron chi connectivity index (χ3n) is 3.76. The fraction of sp³-hybridized carbons (Fsp3) is 0.188. The molecule has 0 saturated carbocycles. The molecule has 0 unspecified atom stereocenters. The Morgan fingerprint density at radius 3 is 2.77 bits per heavy atom. The molecule has 0 spiro atoms. The summed E-state index contributed by atoms with van der Waals surface area (Å²) in [6.45, 7) is 2.86. The van der Waals surface area contributed by atoms with Gasteiger partial charge in [0.05, 0.1) is 0 Å². The average molecular weight is 358 g/mol. The molecule has 22 heavy (non-hydrogen) atoms. The Labute approximate surface area is 136 Å². The molecule has 0 aliphatic rings. The van der Waals surface area contributed by atoms with E-state index in [1.807, 2.05) is 19.3 Å². The Bertz CT molecular complexity index is 853. The molecule has 0 atom stereocenters. The molecule has 6 heteroatoms. The number of nitrogens with two attached hydrogens (primary N) is 1. The zero-order valence-corrected chi connectivity index (χ0v) is 14.2. The van der Waals surface area contributed by atoms with Crippen molar-refractivity contribution in [2.24, 2.45) is 5.73 Å². The van der Waals surface area contributed by atoms with Crippen LogP contribution in [0.1, 0.15) is 16.7 Å². The van der Waals surface area contributed by atoms with E-state index in [0.29, 0.717) is 4.54 Å². The molecular formula is C16H17N5Se. The summed E-state index contributed by atoms with van der Waals surface area (Å²) in [5.41, 5.74) is 10.3. The Kier molecular flexibility index (Phi) is 3.96. The van der Waals surface area contributed by atoms with Crippen LogP contribution in [0.5, 0.6) is 0 Å². The first-order chi connectivity index (χ1) is 10.6. The van der Waals surface area contributed by atoms with Gasteiger partial charge in [-0.3, -0.25) is 0 Å². The van der Waals surface area contributed by atoms with E-state index in [1.54, 1.807) is 6.33 Å². The number of fused-ring (bicyclic) bond motifs is 1. The van der Waals surface area contributed by atoms with Gasteiger partial charge in [-0.25, -0.2) is 0 Å². The van der Waals surface area contributed by atoms with Crippen LogP contribution in [0.15, 0.2) is 36.8 Å². The van der Waals surface area contributed by atoms with Crippen molar-refractivity contribution in [2.75, 3.05) is 12.4 Å². The molecule has 3 rings (SSSR count). The van der Waals surface area contributed by atoms with Crippen LogP contribution in [0.4, 0.5) is 5.82 Å². The summed E-state index contributed by atoms with van der Waals surface area (Å²) in [4.78, 5) is 8.74. The van der Waals surface area contributed by atoms with Crippen molar-refractivity contribution in [1.29, 1.82) is 0 Å². The third-order valence-corrected chi connectivity index (χ3v) is 4.22.